The predicted molar refractivity (Wildman–Crippen MR) is 117 cm³/mol. The summed E-state index contributed by atoms with van der Waals surface area (Å²) in [5.41, 5.74) is 8.09. The van der Waals surface area contributed by atoms with Crippen LogP contribution in [-0.2, 0) is 5.41 Å². The van der Waals surface area contributed by atoms with Crippen molar-refractivity contribution >= 4 is 23.5 Å². The average Bonchev–Trinajstić information content (AvgIpc) is 2.89. The van der Waals surface area contributed by atoms with E-state index in [-0.39, 0.29) is 5.41 Å². The SMILES string of the molecule is Cc1ccc(N=Cc2cc(C)n(-c3ccc(C(C)(C)C)cc3)c2C)cc1Cl. The minimum Gasteiger partial charge on any atom is -0.318 e. The molecule has 0 spiro atoms. The summed E-state index contributed by atoms with van der Waals surface area (Å²) in [5, 5.41) is 0.745. The lowest BCUT2D eigenvalue weighted by molar-refractivity contribution is 0.590. The molecular formula is C24H27ClN2. The number of hydrogen-bond donors (Lipinski definition) is 0. The number of benzene rings is 2. The van der Waals surface area contributed by atoms with Gasteiger partial charge in [0.2, 0.25) is 0 Å². The highest BCUT2D eigenvalue weighted by molar-refractivity contribution is 6.31. The summed E-state index contributed by atoms with van der Waals surface area (Å²) in [6.07, 6.45) is 1.92. The van der Waals surface area contributed by atoms with Crippen molar-refractivity contribution in [2.45, 2.75) is 47.0 Å². The quantitative estimate of drug-likeness (QED) is 0.432. The predicted octanol–water partition coefficient (Wildman–Crippen LogP) is 7.10. The van der Waals surface area contributed by atoms with E-state index in [1.165, 1.54) is 22.6 Å². The first-order chi connectivity index (χ1) is 12.7. The molecule has 0 amide bonds. The van der Waals surface area contributed by atoms with Crippen molar-refractivity contribution in [3.8, 4) is 5.69 Å². The van der Waals surface area contributed by atoms with Crippen molar-refractivity contribution in [1.82, 2.24) is 4.57 Å². The average molecular weight is 379 g/mol. The number of hydrogen-bond acceptors (Lipinski definition) is 1. The molecule has 27 heavy (non-hydrogen) atoms. The molecule has 0 radical (unpaired) electrons. The van der Waals surface area contributed by atoms with Gasteiger partial charge in [0.05, 0.1) is 5.69 Å². The van der Waals surface area contributed by atoms with Crippen LogP contribution in [-0.4, -0.2) is 10.8 Å². The fraction of sp³-hybridized carbons (Fsp3) is 0.292. The van der Waals surface area contributed by atoms with Crippen molar-refractivity contribution in [3.05, 3.63) is 81.6 Å². The summed E-state index contributed by atoms with van der Waals surface area (Å²) >= 11 is 6.20. The van der Waals surface area contributed by atoms with Crippen molar-refractivity contribution in [2.75, 3.05) is 0 Å². The molecule has 0 fully saturated rings. The second-order valence-electron chi connectivity index (χ2n) is 8.15. The van der Waals surface area contributed by atoms with E-state index in [0.29, 0.717) is 0 Å². The number of aromatic nitrogens is 1. The number of rotatable bonds is 3. The normalized spacial score (nSPS) is 12.1. The Hall–Kier alpha value is -2.32. The van der Waals surface area contributed by atoms with E-state index in [1.54, 1.807) is 0 Å². The highest BCUT2D eigenvalue weighted by Crippen LogP contribution is 2.26. The maximum absolute atomic E-state index is 6.20. The minimum absolute atomic E-state index is 0.159. The van der Waals surface area contributed by atoms with Crippen molar-refractivity contribution in [2.24, 2.45) is 4.99 Å². The Morgan fingerprint density at radius 2 is 1.59 bits per heavy atom. The van der Waals surface area contributed by atoms with Gasteiger partial charge in [-0.1, -0.05) is 50.6 Å². The molecule has 0 N–H and O–H groups in total. The molecule has 0 unspecified atom stereocenters. The van der Waals surface area contributed by atoms with E-state index in [2.05, 4.69) is 74.5 Å². The smallest absolute Gasteiger partial charge is 0.0644 e. The van der Waals surface area contributed by atoms with Crippen molar-refractivity contribution in [3.63, 3.8) is 0 Å². The van der Waals surface area contributed by atoms with Gasteiger partial charge in [-0.25, -0.2) is 0 Å². The zero-order valence-electron chi connectivity index (χ0n) is 17.0. The highest BCUT2D eigenvalue weighted by Gasteiger charge is 2.14. The molecule has 0 bridgehead atoms. The molecule has 3 rings (SSSR count). The van der Waals surface area contributed by atoms with Crippen LogP contribution in [0.3, 0.4) is 0 Å². The fourth-order valence-electron chi connectivity index (χ4n) is 3.23. The summed E-state index contributed by atoms with van der Waals surface area (Å²) in [6, 6.07) is 16.9. The molecule has 3 heteroatoms. The first-order valence-corrected chi connectivity index (χ1v) is 9.64. The van der Waals surface area contributed by atoms with Crippen LogP contribution in [0, 0.1) is 20.8 Å². The second-order valence-corrected chi connectivity index (χ2v) is 8.56. The van der Waals surface area contributed by atoms with E-state index in [1.807, 2.05) is 31.3 Å². The topological polar surface area (TPSA) is 17.3 Å². The van der Waals surface area contributed by atoms with E-state index < -0.39 is 0 Å². The summed E-state index contributed by atoms with van der Waals surface area (Å²) in [4.78, 5) is 4.61. The van der Waals surface area contributed by atoms with Gasteiger partial charge in [0.15, 0.2) is 0 Å². The Morgan fingerprint density at radius 1 is 0.926 bits per heavy atom. The van der Waals surface area contributed by atoms with Gasteiger partial charge in [0, 0.05) is 33.9 Å². The van der Waals surface area contributed by atoms with Crippen LogP contribution in [0.15, 0.2) is 53.5 Å². The molecular weight excluding hydrogens is 352 g/mol. The Balaban J connectivity index is 1.92. The van der Waals surface area contributed by atoms with Crippen LogP contribution in [0.4, 0.5) is 5.69 Å². The number of aryl methyl sites for hydroxylation is 2. The lowest BCUT2D eigenvalue weighted by Crippen LogP contribution is -2.11. The molecule has 0 aliphatic heterocycles. The summed E-state index contributed by atoms with van der Waals surface area (Å²) in [7, 11) is 0. The molecule has 0 saturated heterocycles. The van der Waals surface area contributed by atoms with Gasteiger partial charge in [-0.15, -0.1) is 0 Å². The lowest BCUT2D eigenvalue weighted by atomic mass is 9.87. The molecule has 0 aliphatic carbocycles. The van der Waals surface area contributed by atoms with Crippen LogP contribution in [0.25, 0.3) is 5.69 Å². The van der Waals surface area contributed by atoms with E-state index in [0.717, 1.165) is 21.8 Å². The molecule has 0 aliphatic rings. The first kappa shape index (κ1) is 19.4. The van der Waals surface area contributed by atoms with Gasteiger partial charge < -0.3 is 4.57 Å². The third-order valence-corrected chi connectivity index (χ3v) is 5.38. The van der Waals surface area contributed by atoms with Gasteiger partial charge in [0.1, 0.15) is 0 Å². The van der Waals surface area contributed by atoms with Crippen LogP contribution >= 0.6 is 11.6 Å². The van der Waals surface area contributed by atoms with Crippen molar-refractivity contribution in [1.29, 1.82) is 0 Å². The number of halogens is 1. The Kier molecular flexibility index (Phi) is 5.30. The summed E-state index contributed by atoms with van der Waals surface area (Å²) < 4.78 is 2.27. The van der Waals surface area contributed by atoms with Gasteiger partial charge in [-0.3, -0.25) is 4.99 Å². The summed E-state index contributed by atoms with van der Waals surface area (Å²) in [6.45, 7) is 13.0. The monoisotopic (exact) mass is 378 g/mol. The van der Waals surface area contributed by atoms with Crippen LogP contribution < -0.4 is 0 Å². The summed E-state index contributed by atoms with van der Waals surface area (Å²) in [5.74, 6) is 0. The molecule has 2 aromatic carbocycles. The molecule has 2 nitrogen and oxygen atoms in total. The van der Waals surface area contributed by atoms with Gasteiger partial charge >= 0.3 is 0 Å². The molecule has 0 atom stereocenters. The standard InChI is InChI=1S/C24H27ClN2/c1-16-7-10-21(14-23(16)25)26-15-19-13-17(2)27(18(19)3)22-11-8-20(9-12-22)24(4,5)6/h7-15H,1-6H3. The fourth-order valence-corrected chi connectivity index (χ4v) is 3.41. The van der Waals surface area contributed by atoms with Crippen molar-refractivity contribution < 1.29 is 0 Å². The second kappa shape index (κ2) is 7.36. The van der Waals surface area contributed by atoms with Gasteiger partial charge in [-0.2, -0.15) is 0 Å². The van der Waals surface area contributed by atoms with E-state index in [4.69, 9.17) is 11.6 Å². The van der Waals surface area contributed by atoms with E-state index >= 15 is 0 Å². The highest BCUT2D eigenvalue weighted by atomic mass is 35.5. The molecule has 1 heterocycles. The molecule has 140 valence electrons. The first-order valence-electron chi connectivity index (χ1n) is 9.27. The molecule has 3 aromatic rings. The Labute approximate surface area is 167 Å². The largest absolute Gasteiger partial charge is 0.318 e. The Bertz CT molecular complexity index is 986. The molecule has 1 aromatic heterocycles. The van der Waals surface area contributed by atoms with Crippen LogP contribution in [0.5, 0.6) is 0 Å². The maximum atomic E-state index is 6.20. The zero-order valence-corrected chi connectivity index (χ0v) is 17.7. The molecule has 0 saturated carbocycles. The van der Waals surface area contributed by atoms with Crippen LogP contribution in [0.1, 0.15) is 48.8 Å². The van der Waals surface area contributed by atoms with Gasteiger partial charge in [-0.05, 0) is 67.6 Å². The Morgan fingerprint density at radius 3 is 2.19 bits per heavy atom. The zero-order chi connectivity index (χ0) is 19.8. The minimum atomic E-state index is 0.159. The van der Waals surface area contributed by atoms with Gasteiger partial charge in [0.25, 0.3) is 0 Å². The lowest BCUT2D eigenvalue weighted by Gasteiger charge is -2.20. The van der Waals surface area contributed by atoms with E-state index in [9.17, 15) is 0 Å². The van der Waals surface area contributed by atoms with Crippen LogP contribution in [0.2, 0.25) is 5.02 Å². The number of nitrogens with zero attached hydrogens (tertiary/aromatic N) is 2. The number of aliphatic imine (C=N–C) groups is 1. The third kappa shape index (κ3) is 4.17. The third-order valence-electron chi connectivity index (χ3n) is 4.97. The maximum Gasteiger partial charge on any atom is 0.0644 e.